The first-order valence-corrected chi connectivity index (χ1v) is 6.98. The molecule has 2 aromatic rings. The molecule has 2 aromatic carbocycles. The number of nitro groups is 1. The first-order chi connectivity index (χ1) is 10.6. The van der Waals surface area contributed by atoms with Crippen molar-refractivity contribution in [3.05, 3.63) is 74.3 Å². The van der Waals surface area contributed by atoms with Gasteiger partial charge in [0.05, 0.1) is 26.2 Å². The van der Waals surface area contributed by atoms with Gasteiger partial charge in [-0.15, -0.1) is 0 Å². The van der Waals surface area contributed by atoms with Gasteiger partial charge in [-0.2, -0.15) is 5.10 Å². The van der Waals surface area contributed by atoms with Crippen LogP contribution in [0.25, 0.3) is 6.08 Å². The fourth-order valence-electron chi connectivity index (χ4n) is 1.66. The third-order valence-corrected chi connectivity index (χ3v) is 3.42. The summed E-state index contributed by atoms with van der Waals surface area (Å²) in [4.78, 5) is 10.4. The van der Waals surface area contributed by atoms with E-state index in [0.29, 0.717) is 21.3 Å². The van der Waals surface area contributed by atoms with Crippen molar-refractivity contribution in [1.82, 2.24) is 0 Å². The van der Waals surface area contributed by atoms with E-state index in [1.807, 2.05) is 0 Å². The van der Waals surface area contributed by atoms with E-state index in [2.05, 4.69) is 10.5 Å². The van der Waals surface area contributed by atoms with Crippen LogP contribution in [0.1, 0.15) is 5.56 Å². The van der Waals surface area contributed by atoms with Crippen LogP contribution in [0.5, 0.6) is 0 Å². The number of para-hydroxylation sites is 1. The summed E-state index contributed by atoms with van der Waals surface area (Å²) in [5.74, 6) is 0. The summed E-state index contributed by atoms with van der Waals surface area (Å²) >= 11 is 11.7. The van der Waals surface area contributed by atoms with E-state index in [4.69, 9.17) is 23.2 Å². The average molecular weight is 336 g/mol. The van der Waals surface area contributed by atoms with Crippen LogP contribution in [0, 0.1) is 10.1 Å². The minimum absolute atomic E-state index is 0.0459. The first-order valence-electron chi connectivity index (χ1n) is 6.22. The van der Waals surface area contributed by atoms with E-state index in [0.717, 1.165) is 0 Å². The number of anilines is 1. The van der Waals surface area contributed by atoms with Gasteiger partial charge in [-0.05, 0) is 36.4 Å². The van der Waals surface area contributed by atoms with E-state index in [1.54, 1.807) is 48.6 Å². The number of hydrazone groups is 1. The summed E-state index contributed by atoms with van der Waals surface area (Å²) in [7, 11) is 0. The van der Waals surface area contributed by atoms with Crippen LogP contribution < -0.4 is 5.43 Å². The van der Waals surface area contributed by atoms with Gasteiger partial charge in [0.15, 0.2) is 0 Å². The average Bonchev–Trinajstić information content (AvgIpc) is 2.50. The largest absolute Gasteiger partial charge is 0.278 e. The topological polar surface area (TPSA) is 67.5 Å². The molecule has 2 rings (SSSR count). The zero-order chi connectivity index (χ0) is 15.9. The van der Waals surface area contributed by atoms with Gasteiger partial charge >= 0.3 is 0 Å². The molecule has 5 nitrogen and oxygen atoms in total. The third kappa shape index (κ3) is 4.31. The molecule has 0 atom stereocenters. The fourth-order valence-corrected chi connectivity index (χ4v) is 1.96. The highest BCUT2D eigenvalue weighted by atomic mass is 35.5. The lowest BCUT2D eigenvalue weighted by Crippen LogP contribution is -1.90. The highest BCUT2D eigenvalue weighted by Crippen LogP contribution is 2.24. The van der Waals surface area contributed by atoms with E-state index >= 15 is 0 Å². The molecule has 0 aliphatic carbocycles. The summed E-state index contributed by atoms with van der Waals surface area (Å²) in [5.41, 5.74) is 4.02. The molecule has 0 spiro atoms. The molecule has 0 aromatic heterocycles. The molecule has 0 amide bonds. The minimum atomic E-state index is -0.426. The van der Waals surface area contributed by atoms with Gasteiger partial charge in [-0.3, -0.25) is 15.5 Å². The highest BCUT2D eigenvalue weighted by molar-refractivity contribution is 6.42. The second-order valence-electron chi connectivity index (χ2n) is 4.19. The Morgan fingerprint density at radius 3 is 2.64 bits per heavy atom. The lowest BCUT2D eigenvalue weighted by Gasteiger charge is -2.01. The number of rotatable bonds is 5. The lowest BCUT2D eigenvalue weighted by atomic mass is 10.2. The van der Waals surface area contributed by atoms with Crippen molar-refractivity contribution in [2.24, 2.45) is 5.10 Å². The summed E-state index contributed by atoms with van der Waals surface area (Å²) in [6.07, 6.45) is 4.70. The van der Waals surface area contributed by atoms with E-state index in [1.165, 1.54) is 12.3 Å². The Labute approximate surface area is 137 Å². The molecule has 0 radical (unpaired) electrons. The second-order valence-corrected chi connectivity index (χ2v) is 5.01. The van der Waals surface area contributed by atoms with Crippen LogP contribution in [0.4, 0.5) is 11.4 Å². The zero-order valence-corrected chi connectivity index (χ0v) is 12.8. The van der Waals surface area contributed by atoms with E-state index in [9.17, 15) is 10.1 Å². The molecule has 0 aliphatic heterocycles. The number of hydrogen-bond donors (Lipinski definition) is 1. The lowest BCUT2D eigenvalue weighted by molar-refractivity contribution is -0.385. The molecular weight excluding hydrogens is 325 g/mol. The molecule has 1 N–H and O–H groups in total. The quantitative estimate of drug-likeness (QED) is 0.474. The predicted octanol–water partition coefficient (Wildman–Crippen LogP) is 5.01. The molecule has 7 heteroatoms. The number of benzene rings is 2. The normalized spacial score (nSPS) is 11.2. The number of hydrogen-bond acceptors (Lipinski definition) is 4. The summed E-state index contributed by atoms with van der Waals surface area (Å²) in [6, 6.07) is 11.5. The number of allylic oxidation sites excluding steroid dienone is 1. The highest BCUT2D eigenvalue weighted by Gasteiger charge is 2.08. The van der Waals surface area contributed by atoms with E-state index < -0.39 is 4.92 Å². The Hall–Kier alpha value is -2.37. The Balaban J connectivity index is 2.00. The minimum Gasteiger partial charge on any atom is -0.278 e. The third-order valence-electron chi connectivity index (χ3n) is 2.68. The number of halogens is 2. The Bertz CT molecular complexity index is 745. The predicted molar refractivity (Wildman–Crippen MR) is 90.7 cm³/mol. The number of nitrogens with one attached hydrogen (secondary N) is 1. The number of nitrogens with zero attached hydrogens (tertiary/aromatic N) is 2. The van der Waals surface area contributed by atoms with Gasteiger partial charge in [-0.25, -0.2) is 0 Å². The first kappa shape index (κ1) is 16.0. The maximum absolute atomic E-state index is 10.9. The van der Waals surface area contributed by atoms with Crippen molar-refractivity contribution in [2.75, 3.05) is 5.43 Å². The Morgan fingerprint density at radius 1 is 1.14 bits per heavy atom. The van der Waals surface area contributed by atoms with Crippen LogP contribution in [0.3, 0.4) is 0 Å². The monoisotopic (exact) mass is 335 g/mol. The molecule has 0 bridgehead atoms. The molecule has 22 heavy (non-hydrogen) atoms. The molecule has 0 aliphatic rings. The SMILES string of the molecule is O=[N+]([O-])c1ccccc1/C=C/C=N\Nc1ccc(Cl)c(Cl)c1. The molecule has 0 fully saturated rings. The van der Waals surface area contributed by atoms with Gasteiger partial charge in [0.1, 0.15) is 0 Å². The summed E-state index contributed by atoms with van der Waals surface area (Å²) < 4.78 is 0. The van der Waals surface area contributed by atoms with Gasteiger partial charge in [0.25, 0.3) is 5.69 Å². The number of nitro benzene ring substituents is 1. The molecule has 0 heterocycles. The van der Waals surface area contributed by atoms with Crippen molar-refractivity contribution in [1.29, 1.82) is 0 Å². The van der Waals surface area contributed by atoms with Gasteiger partial charge in [-0.1, -0.05) is 35.3 Å². The molecule has 112 valence electrons. The standard InChI is InChI=1S/C15H11Cl2N3O2/c16-13-8-7-12(10-14(13)17)19-18-9-3-5-11-4-1-2-6-15(11)20(21)22/h1-10,19H/b5-3+,18-9-. The maximum atomic E-state index is 10.9. The zero-order valence-electron chi connectivity index (χ0n) is 11.2. The van der Waals surface area contributed by atoms with Crippen molar-refractivity contribution in [2.45, 2.75) is 0 Å². The Morgan fingerprint density at radius 2 is 1.91 bits per heavy atom. The van der Waals surface area contributed by atoms with Crippen molar-refractivity contribution in [3.8, 4) is 0 Å². The Kier molecular flexibility index (Phi) is 5.52. The van der Waals surface area contributed by atoms with Crippen LogP contribution in [-0.4, -0.2) is 11.1 Å². The molecule has 0 saturated heterocycles. The molecule has 0 saturated carbocycles. The fraction of sp³-hybridized carbons (Fsp3) is 0. The molecular formula is C15H11Cl2N3O2. The van der Waals surface area contributed by atoms with Crippen molar-refractivity contribution in [3.63, 3.8) is 0 Å². The van der Waals surface area contributed by atoms with Gasteiger partial charge < -0.3 is 0 Å². The summed E-state index contributed by atoms with van der Waals surface area (Å²) in [5, 5.41) is 15.7. The van der Waals surface area contributed by atoms with Crippen LogP contribution >= 0.6 is 23.2 Å². The van der Waals surface area contributed by atoms with Gasteiger partial charge in [0.2, 0.25) is 0 Å². The van der Waals surface area contributed by atoms with Crippen LogP contribution in [0.15, 0.2) is 53.6 Å². The second kappa shape index (κ2) is 7.59. The van der Waals surface area contributed by atoms with Gasteiger partial charge in [0, 0.05) is 12.3 Å². The van der Waals surface area contributed by atoms with E-state index in [-0.39, 0.29) is 5.69 Å². The molecule has 0 unspecified atom stereocenters. The van der Waals surface area contributed by atoms with Crippen molar-refractivity contribution >= 4 is 46.9 Å². The smallest absolute Gasteiger partial charge is 0.276 e. The van der Waals surface area contributed by atoms with Crippen molar-refractivity contribution < 1.29 is 4.92 Å². The maximum Gasteiger partial charge on any atom is 0.276 e. The summed E-state index contributed by atoms with van der Waals surface area (Å²) in [6.45, 7) is 0. The van der Waals surface area contributed by atoms with Crippen LogP contribution in [-0.2, 0) is 0 Å². The van der Waals surface area contributed by atoms with Crippen LogP contribution in [0.2, 0.25) is 10.0 Å².